The zero-order valence-corrected chi connectivity index (χ0v) is 10.3. The minimum atomic E-state index is -1.22. The quantitative estimate of drug-likeness (QED) is 0.788. The Labute approximate surface area is 112 Å². The lowest BCUT2D eigenvalue weighted by molar-refractivity contribution is 0.102. The Kier molecular flexibility index (Phi) is 2.97. The number of carbonyl (C=O) groups is 1. The summed E-state index contributed by atoms with van der Waals surface area (Å²) in [6, 6.07) is 5.83. The normalized spacial score (nSPS) is 12.9. The smallest absolute Gasteiger partial charge is 0.202 e. The Balaban J connectivity index is 2.13. The number of hydrogen-bond acceptors (Lipinski definition) is 2. The molecule has 0 saturated carbocycles. The molecule has 0 bridgehead atoms. The Bertz CT molecular complexity index is 687. The van der Waals surface area contributed by atoms with Crippen molar-refractivity contribution >= 4 is 5.78 Å². The molecule has 2 nitrogen and oxygen atoms in total. The van der Waals surface area contributed by atoms with Crippen molar-refractivity contribution in [2.45, 2.75) is 6.42 Å². The van der Waals surface area contributed by atoms with Crippen LogP contribution in [0.25, 0.3) is 0 Å². The van der Waals surface area contributed by atoms with Gasteiger partial charge >= 0.3 is 0 Å². The van der Waals surface area contributed by atoms with Gasteiger partial charge in [-0.25, -0.2) is 13.2 Å². The second kappa shape index (κ2) is 4.67. The molecular weight excluding hydrogens is 269 g/mol. The van der Waals surface area contributed by atoms with Crippen LogP contribution in [0.15, 0.2) is 30.3 Å². The highest BCUT2D eigenvalue weighted by atomic mass is 19.1. The lowest BCUT2D eigenvalue weighted by Gasteiger charge is -2.08. The van der Waals surface area contributed by atoms with E-state index >= 15 is 0 Å². The van der Waals surface area contributed by atoms with Crippen molar-refractivity contribution in [1.82, 2.24) is 0 Å². The number of para-hydroxylation sites is 1. The number of benzene rings is 2. The number of ketones is 1. The van der Waals surface area contributed by atoms with Crippen molar-refractivity contribution in [1.29, 1.82) is 0 Å². The van der Waals surface area contributed by atoms with Crippen LogP contribution in [0, 0.1) is 17.5 Å². The van der Waals surface area contributed by atoms with Gasteiger partial charge in [-0.05, 0) is 11.6 Å². The van der Waals surface area contributed by atoms with E-state index in [0.29, 0.717) is 30.9 Å². The number of ether oxygens (including phenoxy) is 1. The lowest BCUT2D eigenvalue weighted by Crippen LogP contribution is -2.09. The van der Waals surface area contributed by atoms with Crippen LogP contribution < -0.4 is 4.74 Å². The molecule has 0 aliphatic carbocycles. The predicted molar refractivity (Wildman–Crippen MR) is 65.4 cm³/mol. The zero-order valence-electron chi connectivity index (χ0n) is 10.3. The van der Waals surface area contributed by atoms with E-state index in [1.165, 1.54) is 6.07 Å². The van der Waals surface area contributed by atoms with Crippen LogP contribution in [0.3, 0.4) is 0 Å². The molecule has 2 aromatic carbocycles. The van der Waals surface area contributed by atoms with Crippen molar-refractivity contribution in [3.63, 3.8) is 0 Å². The molecule has 0 amide bonds. The van der Waals surface area contributed by atoms with Gasteiger partial charge in [0.25, 0.3) is 0 Å². The molecule has 0 N–H and O–H groups in total. The molecule has 0 radical (unpaired) electrons. The minimum absolute atomic E-state index is 0.0874. The summed E-state index contributed by atoms with van der Waals surface area (Å²) in [6.45, 7) is 0.425. The number of halogens is 3. The average Bonchev–Trinajstić information content (AvgIpc) is 2.85. The predicted octanol–water partition coefficient (Wildman–Crippen LogP) is 3.27. The van der Waals surface area contributed by atoms with Gasteiger partial charge in [0.1, 0.15) is 23.2 Å². The summed E-state index contributed by atoms with van der Waals surface area (Å²) >= 11 is 0. The first-order chi connectivity index (χ1) is 9.58. The second-order valence-corrected chi connectivity index (χ2v) is 4.47. The lowest BCUT2D eigenvalue weighted by atomic mass is 9.99. The first kappa shape index (κ1) is 12.7. The van der Waals surface area contributed by atoms with E-state index in [0.717, 1.165) is 5.56 Å². The molecule has 0 spiro atoms. The molecule has 1 heterocycles. The van der Waals surface area contributed by atoms with E-state index in [1.807, 2.05) is 0 Å². The first-order valence-electron chi connectivity index (χ1n) is 6.02. The molecule has 3 rings (SSSR count). The molecule has 102 valence electrons. The fraction of sp³-hybridized carbons (Fsp3) is 0.133. The number of rotatable bonds is 2. The van der Waals surface area contributed by atoms with Crippen LogP contribution in [0.5, 0.6) is 5.75 Å². The van der Waals surface area contributed by atoms with Crippen molar-refractivity contribution < 1.29 is 22.7 Å². The van der Waals surface area contributed by atoms with Gasteiger partial charge in [-0.1, -0.05) is 12.1 Å². The minimum Gasteiger partial charge on any atom is -0.492 e. The molecule has 0 saturated heterocycles. The molecule has 0 unspecified atom stereocenters. The van der Waals surface area contributed by atoms with E-state index in [1.54, 1.807) is 12.1 Å². The highest BCUT2D eigenvalue weighted by Gasteiger charge is 2.26. The van der Waals surface area contributed by atoms with Gasteiger partial charge in [0.2, 0.25) is 5.78 Å². The molecule has 20 heavy (non-hydrogen) atoms. The highest BCUT2D eigenvalue weighted by Crippen LogP contribution is 2.32. The summed E-state index contributed by atoms with van der Waals surface area (Å²) in [6.07, 6.45) is 0.644. The fourth-order valence-corrected chi connectivity index (χ4v) is 2.29. The third-order valence-corrected chi connectivity index (χ3v) is 3.19. The maximum atomic E-state index is 13.7. The maximum Gasteiger partial charge on any atom is 0.202 e. The van der Waals surface area contributed by atoms with Crippen LogP contribution in [0.2, 0.25) is 0 Å². The van der Waals surface area contributed by atoms with E-state index in [-0.39, 0.29) is 5.56 Å². The van der Waals surface area contributed by atoms with Gasteiger partial charge in [0, 0.05) is 18.6 Å². The van der Waals surface area contributed by atoms with E-state index in [9.17, 15) is 18.0 Å². The number of fused-ring (bicyclic) bond motifs is 1. The highest BCUT2D eigenvalue weighted by molar-refractivity contribution is 6.11. The van der Waals surface area contributed by atoms with Crippen molar-refractivity contribution in [3.05, 3.63) is 64.5 Å². The molecular formula is C15H9F3O2. The van der Waals surface area contributed by atoms with Gasteiger partial charge in [0.05, 0.1) is 17.7 Å². The molecule has 1 aliphatic heterocycles. The second-order valence-electron chi connectivity index (χ2n) is 4.47. The van der Waals surface area contributed by atoms with Gasteiger partial charge in [0.15, 0.2) is 0 Å². The van der Waals surface area contributed by atoms with Crippen LogP contribution in [-0.4, -0.2) is 12.4 Å². The first-order valence-corrected chi connectivity index (χ1v) is 6.02. The molecule has 0 aromatic heterocycles. The van der Waals surface area contributed by atoms with Gasteiger partial charge < -0.3 is 4.74 Å². The average molecular weight is 278 g/mol. The summed E-state index contributed by atoms with van der Waals surface area (Å²) in [5.74, 6) is -4.00. The maximum absolute atomic E-state index is 13.7. The van der Waals surface area contributed by atoms with Crippen molar-refractivity contribution in [3.8, 4) is 5.75 Å². The topological polar surface area (TPSA) is 26.3 Å². The number of hydrogen-bond donors (Lipinski definition) is 0. The Morgan fingerprint density at radius 2 is 1.80 bits per heavy atom. The van der Waals surface area contributed by atoms with Gasteiger partial charge in [-0.15, -0.1) is 0 Å². The van der Waals surface area contributed by atoms with Crippen LogP contribution in [-0.2, 0) is 6.42 Å². The molecule has 0 fully saturated rings. The van der Waals surface area contributed by atoms with Crippen LogP contribution in [0.4, 0.5) is 13.2 Å². The van der Waals surface area contributed by atoms with Crippen molar-refractivity contribution in [2.24, 2.45) is 0 Å². The van der Waals surface area contributed by atoms with Gasteiger partial charge in [-0.2, -0.15) is 0 Å². The molecule has 2 aromatic rings. The Morgan fingerprint density at radius 3 is 2.50 bits per heavy atom. The monoisotopic (exact) mass is 278 g/mol. The zero-order chi connectivity index (χ0) is 14.3. The van der Waals surface area contributed by atoms with Gasteiger partial charge in [-0.3, -0.25) is 4.79 Å². The SMILES string of the molecule is O=C(c1cccc2c1OCC2)c1c(F)cc(F)cc1F. The van der Waals surface area contributed by atoms with E-state index in [4.69, 9.17) is 4.74 Å². The molecule has 0 atom stereocenters. The summed E-state index contributed by atoms with van der Waals surface area (Å²) in [7, 11) is 0. The number of carbonyl (C=O) groups excluding carboxylic acids is 1. The summed E-state index contributed by atoms with van der Waals surface area (Å²) in [5, 5.41) is 0. The summed E-state index contributed by atoms with van der Waals surface area (Å²) in [4.78, 5) is 12.3. The standard InChI is InChI=1S/C15H9F3O2/c16-9-6-11(17)13(12(18)7-9)14(19)10-3-1-2-8-4-5-20-15(8)10/h1-3,6-7H,4-5H2. The molecule has 1 aliphatic rings. The van der Waals surface area contributed by atoms with Crippen LogP contribution in [0.1, 0.15) is 21.5 Å². The molecule has 5 heteroatoms. The van der Waals surface area contributed by atoms with E-state index in [2.05, 4.69) is 0 Å². The largest absolute Gasteiger partial charge is 0.492 e. The Hall–Kier alpha value is -2.30. The third-order valence-electron chi connectivity index (χ3n) is 3.19. The van der Waals surface area contributed by atoms with Crippen molar-refractivity contribution in [2.75, 3.05) is 6.61 Å². The summed E-state index contributed by atoms with van der Waals surface area (Å²) < 4.78 is 45.5. The van der Waals surface area contributed by atoms with Crippen LogP contribution >= 0.6 is 0 Å². The third kappa shape index (κ3) is 1.95. The fourth-order valence-electron chi connectivity index (χ4n) is 2.29. The van der Waals surface area contributed by atoms with E-state index < -0.39 is 28.8 Å². The summed E-state index contributed by atoms with van der Waals surface area (Å²) in [5.41, 5.74) is 0.137. The Morgan fingerprint density at radius 1 is 1.10 bits per heavy atom.